The van der Waals surface area contributed by atoms with E-state index in [1.807, 2.05) is 0 Å². The summed E-state index contributed by atoms with van der Waals surface area (Å²) in [5.41, 5.74) is 3.64. The molecule has 2 atom stereocenters. The topological polar surface area (TPSA) is 60.3 Å². The molecule has 2 heterocycles. The molecule has 0 aliphatic carbocycles. The summed E-state index contributed by atoms with van der Waals surface area (Å²) in [6.45, 7) is 0. The van der Waals surface area contributed by atoms with Gasteiger partial charge in [-0.2, -0.15) is 5.10 Å². The zero-order valence-corrected chi connectivity index (χ0v) is 12.3. The first-order valence-corrected chi connectivity index (χ1v) is 7.23. The van der Waals surface area contributed by atoms with E-state index in [0.29, 0.717) is 5.17 Å². The molecule has 2 unspecified atom stereocenters. The fourth-order valence-electron chi connectivity index (χ4n) is 2.18. The third-order valence-corrected chi connectivity index (χ3v) is 4.58. The molecular formula is C13H14FN5OS. The van der Waals surface area contributed by atoms with Gasteiger partial charge in [0.25, 0.3) is 0 Å². The molecule has 0 bridgehead atoms. The van der Waals surface area contributed by atoms with Gasteiger partial charge < -0.3 is 9.80 Å². The molecule has 1 fully saturated rings. The first kappa shape index (κ1) is 13.9. The Hall–Kier alpha value is -2.09. The zero-order valence-electron chi connectivity index (χ0n) is 11.5. The van der Waals surface area contributed by atoms with Crippen LogP contribution < -0.4 is 5.43 Å². The van der Waals surface area contributed by atoms with Crippen LogP contribution in [0.15, 0.2) is 34.4 Å². The first-order chi connectivity index (χ1) is 10.1. The molecule has 110 valence electrons. The van der Waals surface area contributed by atoms with Crippen LogP contribution in [0.3, 0.4) is 0 Å². The molecule has 2 aliphatic rings. The summed E-state index contributed by atoms with van der Waals surface area (Å²) < 4.78 is 12.8. The molecule has 1 saturated heterocycles. The van der Waals surface area contributed by atoms with Crippen molar-refractivity contribution in [2.24, 2.45) is 10.1 Å². The predicted molar refractivity (Wildman–Crippen MR) is 80.7 cm³/mol. The van der Waals surface area contributed by atoms with E-state index in [-0.39, 0.29) is 23.4 Å². The zero-order chi connectivity index (χ0) is 15.0. The van der Waals surface area contributed by atoms with E-state index in [0.717, 1.165) is 5.56 Å². The highest BCUT2D eigenvalue weighted by Gasteiger charge is 2.46. The fraction of sp³-hybridized carbons (Fsp3) is 0.308. The summed E-state index contributed by atoms with van der Waals surface area (Å²) in [6, 6.07) is 6.00. The number of amides is 2. The number of halogens is 1. The van der Waals surface area contributed by atoms with Crippen molar-refractivity contribution < 1.29 is 9.18 Å². The van der Waals surface area contributed by atoms with Gasteiger partial charge in [-0.25, -0.2) is 14.2 Å². The minimum absolute atomic E-state index is 0.0222. The van der Waals surface area contributed by atoms with Crippen LogP contribution in [0, 0.1) is 5.82 Å². The van der Waals surface area contributed by atoms with Gasteiger partial charge in [0.15, 0.2) is 11.3 Å². The van der Waals surface area contributed by atoms with E-state index in [2.05, 4.69) is 15.5 Å². The van der Waals surface area contributed by atoms with Gasteiger partial charge in [0.1, 0.15) is 11.2 Å². The van der Waals surface area contributed by atoms with Gasteiger partial charge in [0.05, 0.1) is 6.21 Å². The van der Waals surface area contributed by atoms with Gasteiger partial charge in [0.2, 0.25) is 0 Å². The number of hydrazone groups is 1. The molecule has 0 saturated carbocycles. The number of fused-ring (bicyclic) bond motifs is 1. The molecule has 6 nitrogen and oxygen atoms in total. The normalized spacial score (nSPS) is 24.7. The Morgan fingerprint density at radius 2 is 2.05 bits per heavy atom. The molecule has 0 aromatic heterocycles. The number of urea groups is 1. The number of carbonyl (C=O) groups is 1. The standard InChI is InChI=1S/C13H14FN5OS/c1-18-10-11(19(2)13(18)20)21-12(16-10)17-15-7-8-3-5-9(14)6-4-8/h3-7,10-11H,1-2H3,(H,16,17)/b15-7+. The quantitative estimate of drug-likeness (QED) is 0.665. The van der Waals surface area contributed by atoms with E-state index in [4.69, 9.17) is 0 Å². The molecule has 21 heavy (non-hydrogen) atoms. The van der Waals surface area contributed by atoms with E-state index in [9.17, 15) is 9.18 Å². The minimum atomic E-state index is -0.278. The number of rotatable bonds is 2. The van der Waals surface area contributed by atoms with Crippen LogP contribution in [-0.4, -0.2) is 52.8 Å². The van der Waals surface area contributed by atoms with Crippen LogP contribution in [0.5, 0.6) is 0 Å². The number of nitrogens with one attached hydrogen (secondary N) is 1. The minimum Gasteiger partial charge on any atom is -0.311 e. The van der Waals surface area contributed by atoms with Gasteiger partial charge >= 0.3 is 6.03 Å². The number of thioether (sulfide) groups is 1. The van der Waals surface area contributed by atoms with Gasteiger partial charge in [-0.1, -0.05) is 23.9 Å². The van der Waals surface area contributed by atoms with E-state index >= 15 is 0 Å². The van der Waals surface area contributed by atoms with Crippen molar-refractivity contribution in [1.82, 2.24) is 15.2 Å². The van der Waals surface area contributed by atoms with Crippen LogP contribution >= 0.6 is 11.8 Å². The lowest BCUT2D eigenvalue weighted by atomic mass is 10.2. The maximum Gasteiger partial charge on any atom is 0.322 e. The van der Waals surface area contributed by atoms with Gasteiger partial charge in [-0.3, -0.25) is 5.43 Å². The summed E-state index contributed by atoms with van der Waals surface area (Å²) in [5.74, 6) is -0.278. The molecular weight excluding hydrogens is 293 g/mol. The molecule has 8 heteroatoms. The number of nitrogens with zero attached hydrogens (tertiary/aromatic N) is 4. The number of likely N-dealkylation sites (N-methyl/N-ethyl adjacent to an activating group) is 2. The third-order valence-electron chi connectivity index (χ3n) is 3.36. The Morgan fingerprint density at radius 1 is 1.33 bits per heavy atom. The SMILES string of the molecule is CN1C(=O)N(C)C2SC(N/N=C/c3ccc(F)cc3)=NC21. The molecule has 1 N–H and O–H groups in total. The maximum atomic E-state index is 12.8. The highest BCUT2D eigenvalue weighted by atomic mass is 32.2. The Bertz CT molecular complexity index is 617. The third kappa shape index (κ3) is 2.58. The highest BCUT2D eigenvalue weighted by molar-refractivity contribution is 8.14. The summed E-state index contributed by atoms with van der Waals surface area (Å²) in [6.07, 6.45) is 1.41. The number of aliphatic imine (C=N–C) groups is 1. The lowest BCUT2D eigenvalue weighted by Crippen LogP contribution is -2.30. The van der Waals surface area contributed by atoms with Crippen LogP contribution in [-0.2, 0) is 0 Å². The number of carbonyl (C=O) groups excluding carboxylic acids is 1. The number of benzene rings is 1. The molecule has 1 aromatic carbocycles. The average molecular weight is 307 g/mol. The second kappa shape index (κ2) is 5.36. The van der Waals surface area contributed by atoms with Crippen molar-refractivity contribution in [3.05, 3.63) is 35.6 Å². The van der Waals surface area contributed by atoms with Crippen LogP contribution in [0.1, 0.15) is 5.56 Å². The molecule has 1 aromatic rings. The van der Waals surface area contributed by atoms with E-state index in [1.54, 1.807) is 42.2 Å². The molecule has 3 rings (SSSR count). The van der Waals surface area contributed by atoms with Crippen molar-refractivity contribution in [3.8, 4) is 0 Å². The van der Waals surface area contributed by atoms with Gasteiger partial charge in [-0.05, 0) is 17.7 Å². The summed E-state index contributed by atoms with van der Waals surface area (Å²) in [5, 5.41) is 4.72. The van der Waals surface area contributed by atoms with Crippen molar-refractivity contribution in [2.45, 2.75) is 11.5 Å². The maximum absolute atomic E-state index is 12.8. The van der Waals surface area contributed by atoms with Crippen molar-refractivity contribution in [3.63, 3.8) is 0 Å². The van der Waals surface area contributed by atoms with Crippen molar-refractivity contribution in [1.29, 1.82) is 0 Å². The monoisotopic (exact) mass is 307 g/mol. The van der Waals surface area contributed by atoms with E-state index in [1.165, 1.54) is 23.9 Å². The average Bonchev–Trinajstić information content (AvgIpc) is 2.98. The summed E-state index contributed by atoms with van der Waals surface area (Å²) in [4.78, 5) is 19.4. The lowest BCUT2D eigenvalue weighted by molar-refractivity contribution is 0.201. The van der Waals surface area contributed by atoms with Crippen LogP contribution in [0.2, 0.25) is 0 Å². The van der Waals surface area contributed by atoms with Crippen LogP contribution in [0.4, 0.5) is 9.18 Å². The summed E-state index contributed by atoms with van der Waals surface area (Å²) >= 11 is 1.46. The molecule has 2 amide bonds. The highest BCUT2D eigenvalue weighted by Crippen LogP contribution is 2.35. The van der Waals surface area contributed by atoms with Gasteiger partial charge in [0, 0.05) is 14.1 Å². The van der Waals surface area contributed by atoms with Crippen molar-refractivity contribution in [2.75, 3.05) is 14.1 Å². The smallest absolute Gasteiger partial charge is 0.311 e. The molecule has 0 radical (unpaired) electrons. The second-order valence-corrected chi connectivity index (χ2v) is 5.89. The van der Waals surface area contributed by atoms with Gasteiger partial charge in [-0.15, -0.1) is 0 Å². The van der Waals surface area contributed by atoms with E-state index < -0.39 is 0 Å². The number of amidine groups is 1. The summed E-state index contributed by atoms with van der Waals surface area (Å²) in [7, 11) is 3.50. The number of hydrogen-bond donors (Lipinski definition) is 1. The molecule has 0 spiro atoms. The van der Waals surface area contributed by atoms with Crippen molar-refractivity contribution >= 4 is 29.2 Å². The predicted octanol–water partition coefficient (Wildman–Crippen LogP) is 1.50. The first-order valence-electron chi connectivity index (χ1n) is 6.35. The Labute approximate surface area is 125 Å². The molecule has 2 aliphatic heterocycles. The lowest BCUT2D eigenvalue weighted by Gasteiger charge is -2.14. The Balaban J connectivity index is 1.63. The second-order valence-electron chi connectivity index (χ2n) is 4.78. The Kier molecular flexibility index (Phi) is 3.54. The Morgan fingerprint density at radius 3 is 2.71 bits per heavy atom. The van der Waals surface area contributed by atoms with Crippen LogP contribution in [0.25, 0.3) is 0 Å². The number of hydrogen-bond acceptors (Lipinski definition) is 5. The fourth-order valence-corrected chi connectivity index (χ4v) is 3.30. The largest absolute Gasteiger partial charge is 0.322 e.